The SMILES string of the molecule is O=C(CCN1C(=O)CCC1=O)N[C@@H]1CCCC[C@H]1O. The van der Waals surface area contributed by atoms with Crippen LogP contribution >= 0.6 is 0 Å². The van der Waals surface area contributed by atoms with Crippen LogP contribution < -0.4 is 5.32 Å². The van der Waals surface area contributed by atoms with E-state index in [1.807, 2.05) is 0 Å². The van der Waals surface area contributed by atoms with Crippen LogP contribution in [0.4, 0.5) is 0 Å². The van der Waals surface area contributed by atoms with Gasteiger partial charge in [0.15, 0.2) is 0 Å². The van der Waals surface area contributed by atoms with Gasteiger partial charge >= 0.3 is 0 Å². The lowest BCUT2D eigenvalue weighted by molar-refractivity contribution is -0.138. The van der Waals surface area contributed by atoms with E-state index in [4.69, 9.17) is 0 Å². The van der Waals surface area contributed by atoms with E-state index in [1.54, 1.807) is 0 Å². The summed E-state index contributed by atoms with van der Waals surface area (Å²) in [7, 11) is 0. The molecule has 1 saturated carbocycles. The van der Waals surface area contributed by atoms with E-state index in [2.05, 4.69) is 5.32 Å². The molecule has 19 heavy (non-hydrogen) atoms. The van der Waals surface area contributed by atoms with Crippen molar-refractivity contribution in [3.8, 4) is 0 Å². The minimum atomic E-state index is -0.479. The van der Waals surface area contributed by atoms with E-state index < -0.39 is 6.10 Å². The van der Waals surface area contributed by atoms with Gasteiger partial charge in [-0.25, -0.2) is 0 Å². The van der Waals surface area contributed by atoms with E-state index in [-0.39, 0.29) is 49.6 Å². The predicted molar refractivity (Wildman–Crippen MR) is 67.0 cm³/mol. The molecule has 0 aromatic carbocycles. The molecule has 1 heterocycles. The lowest BCUT2D eigenvalue weighted by Crippen LogP contribution is -2.46. The first-order chi connectivity index (χ1) is 9.08. The topological polar surface area (TPSA) is 86.7 Å². The summed E-state index contributed by atoms with van der Waals surface area (Å²) in [4.78, 5) is 35.7. The number of carbonyl (C=O) groups is 3. The van der Waals surface area contributed by atoms with Crippen LogP contribution in [0.2, 0.25) is 0 Å². The van der Waals surface area contributed by atoms with Crippen LogP contribution in [-0.2, 0) is 14.4 Å². The van der Waals surface area contributed by atoms with Gasteiger partial charge in [-0.05, 0) is 12.8 Å². The molecule has 0 spiro atoms. The molecule has 2 atom stereocenters. The summed E-state index contributed by atoms with van der Waals surface area (Å²) in [6.07, 6.45) is 3.63. The number of hydrogen-bond acceptors (Lipinski definition) is 4. The standard InChI is InChI=1S/C13H20N2O4/c16-10-4-2-1-3-9(10)14-11(17)7-8-15-12(18)5-6-13(15)19/h9-10,16H,1-8H2,(H,14,17)/t9-,10-/m1/s1. The molecule has 2 rings (SSSR count). The third kappa shape index (κ3) is 3.53. The monoisotopic (exact) mass is 268 g/mol. The van der Waals surface area contributed by atoms with Crippen LogP contribution in [0, 0.1) is 0 Å². The Morgan fingerprint density at radius 2 is 1.84 bits per heavy atom. The molecule has 6 heteroatoms. The van der Waals surface area contributed by atoms with Gasteiger partial charge in [-0.1, -0.05) is 12.8 Å². The Kier molecular flexibility index (Phi) is 4.52. The molecule has 106 valence electrons. The first-order valence-corrected chi connectivity index (χ1v) is 6.88. The summed E-state index contributed by atoms with van der Waals surface area (Å²) in [5.41, 5.74) is 0. The zero-order valence-corrected chi connectivity index (χ0v) is 10.9. The van der Waals surface area contributed by atoms with Gasteiger partial charge in [-0.3, -0.25) is 19.3 Å². The number of nitrogens with zero attached hydrogens (tertiary/aromatic N) is 1. The maximum absolute atomic E-state index is 11.8. The number of imide groups is 1. The molecule has 2 fully saturated rings. The van der Waals surface area contributed by atoms with Crippen LogP contribution in [0.5, 0.6) is 0 Å². The fourth-order valence-electron chi connectivity index (χ4n) is 2.64. The molecule has 6 nitrogen and oxygen atoms in total. The Morgan fingerprint density at radius 3 is 2.47 bits per heavy atom. The lowest BCUT2D eigenvalue weighted by Gasteiger charge is -2.28. The number of aliphatic hydroxyl groups is 1. The minimum absolute atomic E-state index is 0.112. The number of rotatable bonds is 4. The van der Waals surface area contributed by atoms with E-state index in [9.17, 15) is 19.5 Å². The fraction of sp³-hybridized carbons (Fsp3) is 0.769. The zero-order valence-electron chi connectivity index (χ0n) is 10.9. The second-order valence-corrected chi connectivity index (χ2v) is 5.21. The summed E-state index contributed by atoms with van der Waals surface area (Å²) >= 11 is 0. The smallest absolute Gasteiger partial charge is 0.229 e. The van der Waals surface area contributed by atoms with Crippen molar-refractivity contribution >= 4 is 17.7 Å². The highest BCUT2D eigenvalue weighted by Crippen LogP contribution is 2.18. The molecular weight excluding hydrogens is 248 g/mol. The van der Waals surface area contributed by atoms with Gasteiger partial charge in [-0.15, -0.1) is 0 Å². The maximum Gasteiger partial charge on any atom is 0.229 e. The Morgan fingerprint density at radius 1 is 1.21 bits per heavy atom. The third-order valence-corrected chi connectivity index (χ3v) is 3.79. The lowest BCUT2D eigenvalue weighted by atomic mass is 9.92. The molecule has 1 aliphatic carbocycles. The largest absolute Gasteiger partial charge is 0.391 e. The van der Waals surface area contributed by atoms with Crippen LogP contribution in [0.3, 0.4) is 0 Å². The van der Waals surface area contributed by atoms with Crippen molar-refractivity contribution in [2.75, 3.05) is 6.54 Å². The van der Waals surface area contributed by atoms with Crippen LogP contribution in [0.25, 0.3) is 0 Å². The van der Waals surface area contributed by atoms with Crippen LogP contribution in [0.1, 0.15) is 44.9 Å². The van der Waals surface area contributed by atoms with Crippen molar-refractivity contribution < 1.29 is 19.5 Å². The van der Waals surface area contributed by atoms with Gasteiger partial charge in [0.1, 0.15) is 0 Å². The molecule has 2 N–H and O–H groups in total. The van der Waals surface area contributed by atoms with Gasteiger partial charge in [0.05, 0.1) is 12.1 Å². The van der Waals surface area contributed by atoms with E-state index in [0.717, 1.165) is 24.2 Å². The van der Waals surface area contributed by atoms with E-state index in [0.29, 0.717) is 6.42 Å². The highest BCUT2D eigenvalue weighted by Gasteiger charge is 2.29. The van der Waals surface area contributed by atoms with Crippen molar-refractivity contribution in [3.05, 3.63) is 0 Å². The summed E-state index contributed by atoms with van der Waals surface area (Å²) in [5, 5.41) is 12.5. The minimum Gasteiger partial charge on any atom is -0.391 e. The van der Waals surface area contributed by atoms with Gasteiger partial charge in [0, 0.05) is 25.8 Å². The van der Waals surface area contributed by atoms with E-state index in [1.165, 1.54) is 0 Å². The second-order valence-electron chi connectivity index (χ2n) is 5.21. The first-order valence-electron chi connectivity index (χ1n) is 6.88. The number of aliphatic hydroxyl groups excluding tert-OH is 1. The molecule has 0 radical (unpaired) electrons. The quantitative estimate of drug-likeness (QED) is 0.700. The average Bonchev–Trinajstić information content (AvgIpc) is 2.70. The number of nitrogens with one attached hydrogen (secondary N) is 1. The Labute approximate surface area is 112 Å². The highest BCUT2D eigenvalue weighted by molar-refractivity contribution is 6.02. The molecule has 2 aliphatic rings. The summed E-state index contributed by atoms with van der Waals surface area (Å²) < 4.78 is 0. The maximum atomic E-state index is 11.8. The predicted octanol–water partition coefficient (Wildman–Crippen LogP) is -0.0548. The molecule has 1 saturated heterocycles. The number of likely N-dealkylation sites (tertiary alicyclic amines) is 1. The molecule has 0 bridgehead atoms. The van der Waals surface area contributed by atoms with Gasteiger partial charge in [-0.2, -0.15) is 0 Å². The van der Waals surface area contributed by atoms with Crippen molar-refractivity contribution in [1.29, 1.82) is 0 Å². The summed E-state index contributed by atoms with van der Waals surface area (Å²) in [6, 6.07) is -0.189. The van der Waals surface area contributed by atoms with Gasteiger partial charge in [0.2, 0.25) is 17.7 Å². The van der Waals surface area contributed by atoms with Gasteiger partial charge < -0.3 is 10.4 Å². The van der Waals surface area contributed by atoms with Crippen LogP contribution in [0.15, 0.2) is 0 Å². The number of carbonyl (C=O) groups excluding carboxylic acids is 3. The molecule has 0 unspecified atom stereocenters. The second kappa shape index (κ2) is 6.14. The van der Waals surface area contributed by atoms with E-state index >= 15 is 0 Å². The highest BCUT2D eigenvalue weighted by atomic mass is 16.3. The van der Waals surface area contributed by atoms with Crippen LogP contribution in [-0.4, -0.2) is 46.4 Å². The molecule has 0 aromatic heterocycles. The summed E-state index contributed by atoms with van der Waals surface area (Å²) in [5.74, 6) is -0.607. The van der Waals surface area contributed by atoms with Crippen molar-refractivity contribution in [1.82, 2.24) is 10.2 Å². The van der Waals surface area contributed by atoms with Crippen molar-refractivity contribution in [3.63, 3.8) is 0 Å². The number of hydrogen-bond donors (Lipinski definition) is 2. The summed E-state index contributed by atoms with van der Waals surface area (Å²) in [6.45, 7) is 0.145. The Balaban J connectivity index is 1.75. The number of amides is 3. The molecular formula is C13H20N2O4. The molecule has 1 aliphatic heterocycles. The zero-order chi connectivity index (χ0) is 13.8. The Bertz CT molecular complexity index is 367. The van der Waals surface area contributed by atoms with Gasteiger partial charge in [0.25, 0.3) is 0 Å². The average molecular weight is 268 g/mol. The normalized spacial score (nSPS) is 27.7. The molecule has 0 aromatic rings. The molecule has 3 amide bonds. The fourth-order valence-corrected chi connectivity index (χ4v) is 2.64. The Hall–Kier alpha value is -1.43. The first kappa shape index (κ1) is 14.0. The van der Waals surface area contributed by atoms with Crippen molar-refractivity contribution in [2.45, 2.75) is 57.1 Å². The van der Waals surface area contributed by atoms with Crippen molar-refractivity contribution in [2.24, 2.45) is 0 Å². The third-order valence-electron chi connectivity index (χ3n) is 3.79.